The number of nitrogens with one attached hydrogen (secondary N) is 1. The van der Waals surface area contributed by atoms with E-state index < -0.39 is 0 Å². The highest BCUT2D eigenvalue weighted by Gasteiger charge is 2.25. The second-order valence-electron chi connectivity index (χ2n) is 5.49. The van der Waals surface area contributed by atoms with Crippen molar-refractivity contribution in [1.29, 1.82) is 0 Å². The predicted molar refractivity (Wildman–Crippen MR) is 87.1 cm³/mol. The summed E-state index contributed by atoms with van der Waals surface area (Å²) >= 11 is 3.43. The number of benzene rings is 2. The molecule has 0 aliphatic carbocycles. The fraction of sp³-hybridized carbons (Fsp3) is 0.294. The molecule has 21 heavy (non-hydrogen) atoms. The lowest BCUT2D eigenvalue weighted by Gasteiger charge is -2.21. The molecule has 1 aliphatic rings. The normalized spacial score (nSPS) is 18.1. The van der Waals surface area contributed by atoms with E-state index in [1.807, 2.05) is 12.1 Å². The quantitative estimate of drug-likeness (QED) is 0.692. The van der Waals surface area contributed by atoms with E-state index in [-0.39, 0.29) is 17.4 Å². The van der Waals surface area contributed by atoms with Crippen LogP contribution in [0.2, 0.25) is 0 Å². The number of hydrogen-bond donors (Lipinski definition) is 3. The molecule has 0 spiro atoms. The molecule has 1 aliphatic heterocycles. The molecule has 0 saturated heterocycles. The molecule has 0 saturated carbocycles. The highest BCUT2D eigenvalue weighted by Crippen LogP contribution is 2.43. The van der Waals surface area contributed by atoms with Crippen LogP contribution in [-0.2, 0) is 6.42 Å². The maximum absolute atomic E-state index is 9.98. The second-order valence-corrected chi connectivity index (χ2v) is 6.28. The van der Waals surface area contributed by atoms with Crippen LogP contribution in [0.25, 0.3) is 0 Å². The molecule has 0 bridgehead atoms. The molecule has 4 heteroatoms. The number of halogens is 1. The van der Waals surface area contributed by atoms with E-state index in [1.165, 1.54) is 11.1 Å². The summed E-state index contributed by atoms with van der Waals surface area (Å²) < 4.78 is 0.611. The van der Waals surface area contributed by atoms with Crippen LogP contribution in [0.15, 0.2) is 34.8 Å². The van der Waals surface area contributed by atoms with Gasteiger partial charge >= 0.3 is 0 Å². The van der Waals surface area contributed by atoms with Gasteiger partial charge in [-0.3, -0.25) is 0 Å². The molecule has 2 aromatic rings. The third-order valence-corrected chi connectivity index (χ3v) is 5.05. The molecular formula is C17H18BrNO2. The number of phenols is 2. The smallest absolute Gasteiger partial charge is 0.172 e. The topological polar surface area (TPSA) is 52.5 Å². The Morgan fingerprint density at radius 1 is 1.19 bits per heavy atom. The van der Waals surface area contributed by atoms with Gasteiger partial charge in [0.2, 0.25) is 0 Å². The Bertz CT molecular complexity index is 685. The van der Waals surface area contributed by atoms with E-state index in [0.717, 1.165) is 30.6 Å². The Morgan fingerprint density at radius 2 is 1.95 bits per heavy atom. The second kappa shape index (κ2) is 5.70. The summed E-state index contributed by atoms with van der Waals surface area (Å²) in [4.78, 5) is 0. The average molecular weight is 348 g/mol. The van der Waals surface area contributed by atoms with Gasteiger partial charge in [0, 0.05) is 12.5 Å². The van der Waals surface area contributed by atoms with Crippen LogP contribution in [-0.4, -0.2) is 23.3 Å². The van der Waals surface area contributed by atoms with Gasteiger partial charge in [-0.2, -0.15) is 0 Å². The van der Waals surface area contributed by atoms with Crippen molar-refractivity contribution in [1.82, 2.24) is 5.32 Å². The summed E-state index contributed by atoms with van der Waals surface area (Å²) in [5, 5.41) is 23.4. The van der Waals surface area contributed by atoms with E-state index in [4.69, 9.17) is 0 Å². The highest BCUT2D eigenvalue weighted by molar-refractivity contribution is 9.10. The van der Waals surface area contributed by atoms with Crippen LogP contribution in [0, 0.1) is 6.92 Å². The molecular weight excluding hydrogens is 330 g/mol. The summed E-state index contributed by atoms with van der Waals surface area (Å²) in [6.07, 6.45) is 0.826. The lowest BCUT2D eigenvalue weighted by Crippen LogP contribution is -2.21. The van der Waals surface area contributed by atoms with Crippen LogP contribution in [0.3, 0.4) is 0 Å². The Balaban J connectivity index is 2.20. The zero-order chi connectivity index (χ0) is 15.0. The molecule has 3 rings (SSSR count). The Morgan fingerprint density at radius 3 is 2.71 bits per heavy atom. The maximum atomic E-state index is 9.98. The van der Waals surface area contributed by atoms with Gasteiger partial charge in [-0.1, -0.05) is 24.3 Å². The molecule has 0 aromatic heterocycles. The van der Waals surface area contributed by atoms with E-state index in [2.05, 4.69) is 40.3 Å². The molecule has 2 aromatic carbocycles. The largest absolute Gasteiger partial charge is 0.504 e. The molecule has 1 heterocycles. The van der Waals surface area contributed by atoms with Crippen LogP contribution >= 0.6 is 15.9 Å². The van der Waals surface area contributed by atoms with E-state index in [9.17, 15) is 10.2 Å². The summed E-state index contributed by atoms with van der Waals surface area (Å²) in [5.74, 6) is 0.0341. The van der Waals surface area contributed by atoms with Gasteiger partial charge in [-0.05, 0) is 64.1 Å². The van der Waals surface area contributed by atoms with E-state index in [1.54, 1.807) is 6.07 Å². The maximum Gasteiger partial charge on any atom is 0.172 e. The minimum absolute atomic E-state index is 0.0684. The van der Waals surface area contributed by atoms with Crippen molar-refractivity contribution in [3.63, 3.8) is 0 Å². The lowest BCUT2D eigenvalue weighted by atomic mass is 9.85. The van der Waals surface area contributed by atoms with Gasteiger partial charge in [0.15, 0.2) is 11.5 Å². The summed E-state index contributed by atoms with van der Waals surface area (Å²) in [5.41, 5.74) is 4.64. The van der Waals surface area contributed by atoms with E-state index >= 15 is 0 Å². The average Bonchev–Trinajstić information content (AvgIpc) is 2.68. The molecule has 3 N–H and O–H groups in total. The Labute approximate surface area is 132 Å². The minimum atomic E-state index is -0.0702. The highest BCUT2D eigenvalue weighted by atomic mass is 79.9. The predicted octanol–water partition coefficient (Wildman–Crippen LogP) is 3.45. The molecule has 0 amide bonds. The molecule has 1 unspecified atom stereocenters. The van der Waals surface area contributed by atoms with Crippen molar-refractivity contribution in [2.75, 3.05) is 13.1 Å². The summed E-state index contributed by atoms with van der Waals surface area (Å²) in [7, 11) is 0. The molecule has 3 nitrogen and oxygen atoms in total. The molecule has 0 fully saturated rings. The first-order valence-electron chi connectivity index (χ1n) is 7.09. The third kappa shape index (κ3) is 2.54. The fourth-order valence-electron chi connectivity index (χ4n) is 3.07. The first-order valence-corrected chi connectivity index (χ1v) is 7.88. The number of fused-ring (bicyclic) bond motifs is 1. The van der Waals surface area contributed by atoms with Crippen LogP contribution in [0.5, 0.6) is 11.5 Å². The Kier molecular flexibility index (Phi) is 3.91. The number of phenolic OH excluding ortho intramolecular Hbond substituents is 2. The monoisotopic (exact) mass is 347 g/mol. The summed E-state index contributed by atoms with van der Waals surface area (Å²) in [6.45, 7) is 3.79. The van der Waals surface area contributed by atoms with Gasteiger partial charge < -0.3 is 15.5 Å². The van der Waals surface area contributed by atoms with Crippen molar-refractivity contribution < 1.29 is 10.2 Å². The zero-order valence-corrected chi connectivity index (χ0v) is 13.4. The van der Waals surface area contributed by atoms with Crippen molar-refractivity contribution >= 4 is 15.9 Å². The van der Waals surface area contributed by atoms with Crippen molar-refractivity contribution in [2.45, 2.75) is 19.3 Å². The van der Waals surface area contributed by atoms with E-state index in [0.29, 0.717) is 4.47 Å². The van der Waals surface area contributed by atoms with Crippen molar-refractivity contribution in [2.24, 2.45) is 0 Å². The van der Waals surface area contributed by atoms with Crippen molar-refractivity contribution in [3.05, 3.63) is 57.1 Å². The van der Waals surface area contributed by atoms with Gasteiger partial charge in [-0.25, -0.2) is 0 Å². The van der Waals surface area contributed by atoms with Gasteiger partial charge in [0.05, 0.1) is 4.47 Å². The number of rotatable bonds is 1. The fourth-order valence-corrected chi connectivity index (χ4v) is 3.71. The van der Waals surface area contributed by atoms with Gasteiger partial charge in [0.25, 0.3) is 0 Å². The standard InChI is InChI=1S/C17H18BrNO2/c1-10-4-2-3-5-11(10)14-9-19-7-6-12-13(14)8-15(20)17(21)16(12)18/h2-5,8,14,19-21H,6-7,9H2,1H3. The molecule has 1 atom stereocenters. The lowest BCUT2D eigenvalue weighted by molar-refractivity contribution is 0.400. The van der Waals surface area contributed by atoms with Gasteiger partial charge in [-0.15, -0.1) is 0 Å². The first kappa shape index (κ1) is 14.4. The van der Waals surface area contributed by atoms with Crippen LogP contribution in [0.1, 0.15) is 28.2 Å². The zero-order valence-electron chi connectivity index (χ0n) is 11.9. The summed E-state index contributed by atoms with van der Waals surface area (Å²) in [6, 6.07) is 10.0. The number of aromatic hydroxyl groups is 2. The minimum Gasteiger partial charge on any atom is -0.504 e. The number of aryl methyl sites for hydroxylation is 1. The molecule has 0 radical (unpaired) electrons. The van der Waals surface area contributed by atoms with Gasteiger partial charge in [0.1, 0.15) is 0 Å². The SMILES string of the molecule is Cc1ccccc1C1CNCCc2c1cc(O)c(O)c2Br. The third-order valence-electron chi connectivity index (χ3n) is 4.20. The number of hydrogen-bond acceptors (Lipinski definition) is 3. The first-order chi connectivity index (χ1) is 10.1. The van der Waals surface area contributed by atoms with Crippen LogP contribution < -0.4 is 5.32 Å². The Hall–Kier alpha value is -1.52. The van der Waals surface area contributed by atoms with Crippen LogP contribution in [0.4, 0.5) is 0 Å². The van der Waals surface area contributed by atoms with Crippen molar-refractivity contribution in [3.8, 4) is 11.5 Å². The molecule has 110 valence electrons.